The van der Waals surface area contributed by atoms with Crippen LogP contribution in [-0.2, 0) is 0 Å². The summed E-state index contributed by atoms with van der Waals surface area (Å²) in [6.45, 7) is 0. The van der Waals surface area contributed by atoms with Crippen molar-refractivity contribution >= 4 is 22.6 Å². The second-order valence-corrected chi connectivity index (χ2v) is 3.80. The van der Waals surface area contributed by atoms with Crippen LogP contribution < -0.4 is 4.85 Å². The molecule has 0 saturated heterocycles. The highest BCUT2D eigenvalue weighted by molar-refractivity contribution is 6.31. The van der Waals surface area contributed by atoms with Crippen LogP contribution in [0.2, 0.25) is 5.02 Å². The molecule has 3 aromatic rings. The van der Waals surface area contributed by atoms with E-state index in [0.29, 0.717) is 20.9 Å². The van der Waals surface area contributed by atoms with Gasteiger partial charge in [0.1, 0.15) is 5.52 Å². The average Bonchev–Trinajstić information content (AvgIpc) is 2.83. The molecule has 0 N–H and O–H groups in total. The van der Waals surface area contributed by atoms with Gasteiger partial charge in [0.25, 0.3) is 5.52 Å². The summed E-state index contributed by atoms with van der Waals surface area (Å²) in [4.78, 5) is 4.72. The summed E-state index contributed by atoms with van der Waals surface area (Å²) in [7, 11) is 0. The fourth-order valence-electron chi connectivity index (χ4n) is 1.49. The quantitative estimate of drug-likeness (QED) is 0.477. The molecule has 3 rings (SSSR count). The van der Waals surface area contributed by atoms with E-state index < -0.39 is 0 Å². The van der Waals surface area contributed by atoms with Crippen LogP contribution in [-0.4, -0.2) is 19.9 Å². The number of rotatable bonds is 1. The highest BCUT2D eigenvalue weighted by Crippen LogP contribution is 2.14. The molecule has 0 saturated carbocycles. The van der Waals surface area contributed by atoms with Crippen LogP contribution in [0.3, 0.4) is 0 Å². The minimum Gasteiger partial charge on any atom is -0.594 e. The Morgan fingerprint density at radius 1 is 1.35 bits per heavy atom. The van der Waals surface area contributed by atoms with Gasteiger partial charge in [0.05, 0.1) is 5.10 Å². The molecule has 0 aliphatic rings. The molecule has 0 amide bonds. The van der Waals surface area contributed by atoms with Crippen LogP contribution in [0.4, 0.5) is 0 Å². The lowest BCUT2D eigenvalue weighted by molar-refractivity contribution is -0.642. The first-order valence-corrected chi connectivity index (χ1v) is 5.19. The summed E-state index contributed by atoms with van der Waals surface area (Å²) >= 11 is 5.80. The zero-order valence-electron chi connectivity index (χ0n) is 8.49. The van der Waals surface area contributed by atoms with Gasteiger partial charge in [-0.05, 0) is 23.0 Å². The summed E-state index contributed by atoms with van der Waals surface area (Å²) in [5.74, 6) is 0.222. The van der Waals surface area contributed by atoms with Gasteiger partial charge >= 0.3 is 5.95 Å². The number of aromatic nitrogens is 5. The highest BCUT2D eigenvalue weighted by Gasteiger charge is 2.12. The molecule has 0 aliphatic carbocycles. The lowest BCUT2D eigenvalue weighted by Crippen LogP contribution is -2.34. The van der Waals surface area contributed by atoms with E-state index in [1.807, 2.05) is 0 Å². The van der Waals surface area contributed by atoms with Gasteiger partial charge in [-0.15, -0.1) is 0 Å². The Kier molecular flexibility index (Phi) is 2.15. The van der Waals surface area contributed by atoms with Gasteiger partial charge in [-0.25, -0.2) is 4.68 Å². The summed E-state index contributed by atoms with van der Waals surface area (Å²) in [5, 5.41) is 19.9. The maximum Gasteiger partial charge on any atom is 0.317 e. The number of hydrogen-bond acceptors (Lipinski definition) is 4. The second-order valence-electron chi connectivity index (χ2n) is 3.37. The lowest BCUT2D eigenvalue weighted by atomic mass is 10.3. The van der Waals surface area contributed by atoms with Crippen LogP contribution >= 0.6 is 11.6 Å². The van der Waals surface area contributed by atoms with Crippen LogP contribution in [0.25, 0.3) is 17.0 Å². The Bertz CT molecular complexity index is 682. The van der Waals surface area contributed by atoms with Crippen molar-refractivity contribution < 1.29 is 4.85 Å². The number of fused-ring (bicyclic) bond motifs is 1. The Labute approximate surface area is 101 Å². The molecule has 0 fully saturated rings. The average molecular weight is 248 g/mol. The van der Waals surface area contributed by atoms with Gasteiger partial charge in [0.15, 0.2) is 0 Å². The van der Waals surface area contributed by atoms with Crippen molar-refractivity contribution in [2.45, 2.75) is 0 Å². The topological polar surface area (TPSA) is 70.5 Å². The van der Waals surface area contributed by atoms with Gasteiger partial charge in [0, 0.05) is 23.5 Å². The summed E-state index contributed by atoms with van der Waals surface area (Å²) in [6.07, 6.45) is 3.25. The molecule has 7 heteroatoms. The van der Waals surface area contributed by atoms with Gasteiger partial charge in [0.2, 0.25) is 0 Å². The third kappa shape index (κ3) is 1.68. The van der Waals surface area contributed by atoms with Crippen LogP contribution in [0, 0.1) is 5.21 Å². The smallest absolute Gasteiger partial charge is 0.317 e. The molecule has 0 bridgehead atoms. The molecule has 1 aromatic carbocycles. The molecule has 0 radical (unpaired) electrons. The maximum absolute atomic E-state index is 11.7. The van der Waals surface area contributed by atoms with E-state index in [0.717, 1.165) is 0 Å². The van der Waals surface area contributed by atoms with Gasteiger partial charge < -0.3 is 5.21 Å². The van der Waals surface area contributed by atoms with Crippen molar-refractivity contribution in [3.8, 4) is 5.95 Å². The third-order valence-corrected chi connectivity index (χ3v) is 2.49. The van der Waals surface area contributed by atoms with Crippen molar-refractivity contribution in [3.05, 3.63) is 46.9 Å². The first kappa shape index (κ1) is 9.98. The van der Waals surface area contributed by atoms with Crippen LogP contribution in [0.5, 0.6) is 0 Å². The maximum atomic E-state index is 11.7. The Hall–Kier alpha value is -2.21. The molecule has 0 spiro atoms. The Balaban J connectivity index is 2.28. The standard InChI is InChI=1S/C10H6ClN5O/c11-7-2-3-8-9(6-7)16(17)14-10(13-8)15-5-1-4-12-15/h1-6H. The molecular formula is C10H6ClN5O. The zero-order valence-corrected chi connectivity index (χ0v) is 9.24. The van der Waals surface area contributed by atoms with E-state index in [4.69, 9.17) is 11.6 Å². The molecule has 17 heavy (non-hydrogen) atoms. The number of halogens is 1. The number of hydrogen-bond donors (Lipinski definition) is 0. The number of nitrogens with zero attached hydrogens (tertiary/aromatic N) is 5. The first-order valence-electron chi connectivity index (χ1n) is 4.81. The van der Waals surface area contributed by atoms with Gasteiger partial charge in [-0.2, -0.15) is 10.1 Å². The second kappa shape index (κ2) is 3.67. The van der Waals surface area contributed by atoms with E-state index in [2.05, 4.69) is 15.2 Å². The van der Waals surface area contributed by atoms with Crippen molar-refractivity contribution in [1.82, 2.24) is 19.9 Å². The van der Waals surface area contributed by atoms with E-state index >= 15 is 0 Å². The molecule has 0 aliphatic heterocycles. The van der Waals surface area contributed by atoms with Crippen LogP contribution in [0.15, 0.2) is 36.7 Å². The van der Waals surface area contributed by atoms with Crippen molar-refractivity contribution in [2.24, 2.45) is 0 Å². The van der Waals surface area contributed by atoms with E-state index in [9.17, 15) is 5.21 Å². The molecule has 6 nitrogen and oxygen atoms in total. The SMILES string of the molecule is [O-][n+]1nc(-n2cccn2)nc2ccc(Cl)cc21. The minimum atomic E-state index is 0.222. The van der Waals surface area contributed by atoms with Gasteiger partial charge in [-0.3, -0.25) is 0 Å². The third-order valence-electron chi connectivity index (χ3n) is 2.25. The lowest BCUT2D eigenvalue weighted by Gasteiger charge is -2.02. The highest BCUT2D eigenvalue weighted by atomic mass is 35.5. The summed E-state index contributed by atoms with van der Waals surface area (Å²) in [5.41, 5.74) is 0.846. The predicted molar refractivity (Wildman–Crippen MR) is 60.6 cm³/mol. The molecule has 0 unspecified atom stereocenters. The van der Waals surface area contributed by atoms with Gasteiger partial charge in [-0.1, -0.05) is 11.6 Å². The normalized spacial score (nSPS) is 10.9. The summed E-state index contributed by atoms with van der Waals surface area (Å²) < 4.78 is 1.42. The number of benzene rings is 1. The zero-order chi connectivity index (χ0) is 11.8. The molecule has 2 heterocycles. The van der Waals surface area contributed by atoms with E-state index in [1.165, 1.54) is 10.7 Å². The van der Waals surface area contributed by atoms with Crippen molar-refractivity contribution in [1.29, 1.82) is 0 Å². The molecule has 0 atom stereocenters. The fraction of sp³-hybridized carbons (Fsp3) is 0. The Morgan fingerprint density at radius 2 is 2.24 bits per heavy atom. The van der Waals surface area contributed by atoms with E-state index in [-0.39, 0.29) is 5.95 Å². The minimum absolute atomic E-state index is 0.222. The molecule has 2 aromatic heterocycles. The first-order chi connectivity index (χ1) is 8.24. The monoisotopic (exact) mass is 247 g/mol. The molecular weight excluding hydrogens is 242 g/mol. The molecule has 84 valence electrons. The largest absolute Gasteiger partial charge is 0.594 e. The summed E-state index contributed by atoms with van der Waals surface area (Å²) in [6, 6.07) is 6.59. The van der Waals surface area contributed by atoms with E-state index in [1.54, 1.807) is 30.6 Å². The fourth-order valence-corrected chi connectivity index (χ4v) is 1.66. The Morgan fingerprint density at radius 3 is 3.00 bits per heavy atom. The van der Waals surface area contributed by atoms with Crippen molar-refractivity contribution in [3.63, 3.8) is 0 Å². The predicted octanol–water partition coefficient (Wildman–Crippen LogP) is 1.10. The van der Waals surface area contributed by atoms with Crippen LogP contribution in [0.1, 0.15) is 0 Å². The van der Waals surface area contributed by atoms with Crippen molar-refractivity contribution in [2.75, 3.05) is 0 Å².